The molecule has 0 saturated carbocycles. The van der Waals surface area contributed by atoms with Crippen LogP contribution in [0.2, 0.25) is 0 Å². The van der Waals surface area contributed by atoms with Crippen molar-refractivity contribution in [3.8, 4) is 0 Å². The van der Waals surface area contributed by atoms with E-state index in [9.17, 15) is 8.42 Å². The first-order chi connectivity index (χ1) is 10.4. The number of piperidine rings is 1. The molecular formula is C13H23N5O3S. The third-order valence-electron chi connectivity index (χ3n) is 4.49. The summed E-state index contributed by atoms with van der Waals surface area (Å²) in [4.78, 5) is 2.28. The Kier molecular flexibility index (Phi) is 4.23. The first-order valence-electron chi connectivity index (χ1n) is 7.57. The van der Waals surface area contributed by atoms with E-state index in [0.29, 0.717) is 37.3 Å². The second kappa shape index (κ2) is 5.88. The third-order valence-corrected chi connectivity index (χ3v) is 6.36. The van der Waals surface area contributed by atoms with Crippen LogP contribution in [0.15, 0.2) is 4.42 Å². The zero-order valence-corrected chi connectivity index (χ0v) is 14.1. The van der Waals surface area contributed by atoms with Crippen LogP contribution in [0, 0.1) is 12.8 Å². The Bertz CT molecular complexity index is 629. The van der Waals surface area contributed by atoms with Gasteiger partial charge < -0.3 is 4.42 Å². The van der Waals surface area contributed by atoms with E-state index in [1.807, 2.05) is 0 Å². The third kappa shape index (κ3) is 3.03. The molecule has 8 nitrogen and oxygen atoms in total. The molecule has 124 valence electrons. The molecule has 0 aliphatic carbocycles. The lowest BCUT2D eigenvalue weighted by Gasteiger charge is -2.35. The van der Waals surface area contributed by atoms with Crippen molar-refractivity contribution in [2.45, 2.75) is 32.4 Å². The quantitative estimate of drug-likeness (QED) is 0.778. The number of aryl methyl sites for hydroxylation is 1. The van der Waals surface area contributed by atoms with Gasteiger partial charge in [0.25, 0.3) is 10.2 Å². The Morgan fingerprint density at radius 1 is 1.23 bits per heavy atom. The Hall–Kier alpha value is -1.03. The predicted molar refractivity (Wildman–Crippen MR) is 80.1 cm³/mol. The maximum Gasteiger partial charge on any atom is 0.281 e. The SMILES string of the molecule is Cc1nnc(CN2C[C@H]3CC[C@@H]2CN(S(=O)(=O)N(C)C)C3)o1. The standard InChI is InChI=1S/C13H23N5O3S/c1-10-14-15-13(21-10)9-17-6-11-4-5-12(17)8-18(7-11)22(19,20)16(2)3/h11-12H,4-9H2,1-3H3/t11-,12-/m1/s1. The van der Waals surface area contributed by atoms with Crippen molar-refractivity contribution in [3.05, 3.63) is 11.8 Å². The fourth-order valence-electron chi connectivity index (χ4n) is 3.32. The van der Waals surface area contributed by atoms with Crippen LogP contribution in [0.1, 0.15) is 24.6 Å². The van der Waals surface area contributed by atoms with E-state index in [4.69, 9.17) is 4.42 Å². The molecule has 0 N–H and O–H groups in total. The highest BCUT2D eigenvalue weighted by molar-refractivity contribution is 7.86. The summed E-state index contributed by atoms with van der Waals surface area (Å²) in [6, 6.07) is 0.209. The number of hydrogen-bond acceptors (Lipinski definition) is 6. The van der Waals surface area contributed by atoms with Gasteiger partial charge in [-0.25, -0.2) is 0 Å². The van der Waals surface area contributed by atoms with Crippen LogP contribution in [0.25, 0.3) is 0 Å². The largest absolute Gasteiger partial charge is 0.424 e. The average molecular weight is 329 g/mol. The van der Waals surface area contributed by atoms with Gasteiger partial charge in [0.15, 0.2) is 0 Å². The second-order valence-corrected chi connectivity index (χ2v) is 8.49. The summed E-state index contributed by atoms with van der Waals surface area (Å²) >= 11 is 0. The van der Waals surface area contributed by atoms with Crippen LogP contribution < -0.4 is 0 Å². The van der Waals surface area contributed by atoms with E-state index >= 15 is 0 Å². The first kappa shape index (κ1) is 15.9. The summed E-state index contributed by atoms with van der Waals surface area (Å²) in [5, 5.41) is 7.91. The molecule has 2 atom stereocenters. The lowest BCUT2D eigenvalue weighted by Crippen LogP contribution is -2.45. The fourth-order valence-corrected chi connectivity index (χ4v) is 4.55. The van der Waals surface area contributed by atoms with Gasteiger partial charge in [0.1, 0.15) is 0 Å². The van der Waals surface area contributed by atoms with Crippen molar-refractivity contribution in [2.24, 2.45) is 5.92 Å². The van der Waals surface area contributed by atoms with Gasteiger partial charge in [-0.1, -0.05) is 0 Å². The molecule has 0 amide bonds. The van der Waals surface area contributed by atoms with Crippen molar-refractivity contribution in [1.29, 1.82) is 0 Å². The number of hydrogen-bond donors (Lipinski definition) is 0. The zero-order valence-electron chi connectivity index (χ0n) is 13.3. The number of nitrogens with zero attached hydrogens (tertiary/aromatic N) is 5. The molecule has 3 fully saturated rings. The number of aromatic nitrogens is 2. The van der Waals surface area contributed by atoms with Gasteiger partial charge in [-0.2, -0.15) is 17.0 Å². The van der Waals surface area contributed by atoms with E-state index in [1.54, 1.807) is 25.3 Å². The minimum atomic E-state index is -3.35. The molecule has 3 saturated heterocycles. The van der Waals surface area contributed by atoms with E-state index in [2.05, 4.69) is 15.1 Å². The van der Waals surface area contributed by atoms with Gasteiger partial charge in [-0.3, -0.25) is 4.90 Å². The fraction of sp³-hybridized carbons (Fsp3) is 0.846. The zero-order chi connectivity index (χ0) is 15.9. The van der Waals surface area contributed by atoms with Crippen LogP contribution in [0.4, 0.5) is 0 Å². The molecule has 3 aliphatic rings. The van der Waals surface area contributed by atoms with Crippen molar-refractivity contribution in [1.82, 2.24) is 23.7 Å². The van der Waals surface area contributed by atoms with Crippen molar-refractivity contribution < 1.29 is 12.8 Å². The van der Waals surface area contributed by atoms with Crippen LogP contribution in [0.3, 0.4) is 0 Å². The number of fused-ring (bicyclic) bond motifs is 4. The van der Waals surface area contributed by atoms with Crippen molar-refractivity contribution >= 4 is 10.2 Å². The Balaban J connectivity index is 1.76. The first-order valence-corrected chi connectivity index (χ1v) is 8.96. The Morgan fingerprint density at radius 3 is 2.64 bits per heavy atom. The van der Waals surface area contributed by atoms with Crippen LogP contribution in [0.5, 0.6) is 0 Å². The molecule has 0 aromatic carbocycles. The summed E-state index contributed by atoms with van der Waals surface area (Å²) in [7, 11) is -0.184. The van der Waals surface area contributed by atoms with Gasteiger partial charge in [-0.05, 0) is 18.8 Å². The highest BCUT2D eigenvalue weighted by Crippen LogP contribution is 2.30. The highest BCUT2D eigenvalue weighted by Gasteiger charge is 2.39. The predicted octanol–water partition coefficient (Wildman–Crippen LogP) is 0.0806. The Labute approximate surface area is 131 Å². The van der Waals surface area contributed by atoms with Crippen LogP contribution in [-0.4, -0.2) is 71.9 Å². The molecule has 9 heteroatoms. The van der Waals surface area contributed by atoms with Crippen molar-refractivity contribution in [3.63, 3.8) is 0 Å². The molecule has 22 heavy (non-hydrogen) atoms. The normalized spacial score (nSPS) is 27.5. The average Bonchev–Trinajstić information content (AvgIpc) is 2.67. The van der Waals surface area contributed by atoms with Gasteiger partial charge in [0.2, 0.25) is 11.8 Å². The van der Waals surface area contributed by atoms with Gasteiger partial charge >= 0.3 is 0 Å². The topological polar surface area (TPSA) is 82.8 Å². The molecule has 0 spiro atoms. The van der Waals surface area contributed by atoms with Crippen LogP contribution in [-0.2, 0) is 16.8 Å². The molecule has 1 aromatic heterocycles. The van der Waals surface area contributed by atoms with Gasteiger partial charge in [-0.15, -0.1) is 10.2 Å². The minimum absolute atomic E-state index is 0.209. The minimum Gasteiger partial charge on any atom is -0.424 e. The maximum absolute atomic E-state index is 12.4. The molecule has 0 unspecified atom stereocenters. The van der Waals surface area contributed by atoms with E-state index < -0.39 is 10.2 Å². The summed E-state index contributed by atoms with van der Waals surface area (Å²) in [6.07, 6.45) is 2.08. The summed E-state index contributed by atoms with van der Waals surface area (Å²) in [5.41, 5.74) is 0. The number of rotatable bonds is 4. The maximum atomic E-state index is 12.4. The molecular weight excluding hydrogens is 306 g/mol. The second-order valence-electron chi connectivity index (χ2n) is 6.35. The summed E-state index contributed by atoms with van der Waals surface area (Å²) in [6.45, 7) is 4.38. The summed E-state index contributed by atoms with van der Waals surface area (Å²) < 4.78 is 33.2. The van der Waals surface area contributed by atoms with E-state index in [0.717, 1.165) is 19.4 Å². The molecule has 4 rings (SSSR count). The molecule has 0 radical (unpaired) electrons. The lowest BCUT2D eigenvalue weighted by atomic mass is 9.95. The monoisotopic (exact) mass is 329 g/mol. The van der Waals surface area contributed by atoms with Gasteiger partial charge in [0, 0.05) is 46.7 Å². The molecule has 3 aliphatic heterocycles. The van der Waals surface area contributed by atoms with Crippen LogP contribution >= 0.6 is 0 Å². The summed E-state index contributed by atoms with van der Waals surface area (Å²) in [5.74, 6) is 1.52. The van der Waals surface area contributed by atoms with E-state index in [1.165, 1.54) is 4.31 Å². The lowest BCUT2D eigenvalue weighted by molar-refractivity contribution is 0.113. The van der Waals surface area contributed by atoms with E-state index in [-0.39, 0.29) is 6.04 Å². The smallest absolute Gasteiger partial charge is 0.281 e. The van der Waals surface area contributed by atoms with Crippen molar-refractivity contribution in [2.75, 3.05) is 33.7 Å². The highest BCUT2D eigenvalue weighted by atomic mass is 32.2. The molecule has 1 aromatic rings. The van der Waals surface area contributed by atoms with Gasteiger partial charge in [0.05, 0.1) is 6.54 Å². The Morgan fingerprint density at radius 2 is 2.00 bits per heavy atom. The molecule has 4 heterocycles. The molecule has 2 bridgehead atoms.